The minimum Gasteiger partial charge on any atom is -0.495 e. The van der Waals surface area contributed by atoms with E-state index in [0.29, 0.717) is 22.2 Å². The van der Waals surface area contributed by atoms with Crippen LogP contribution in [0.1, 0.15) is 18.1 Å². The predicted octanol–water partition coefficient (Wildman–Crippen LogP) is 4.28. The van der Waals surface area contributed by atoms with Crippen LogP contribution in [-0.4, -0.2) is 26.7 Å². The number of benzene rings is 2. The van der Waals surface area contributed by atoms with Gasteiger partial charge in [0.15, 0.2) is 0 Å². The first-order valence-electron chi connectivity index (χ1n) is 8.03. The third kappa shape index (κ3) is 4.57. The number of methoxy groups -OCH3 is 2. The summed E-state index contributed by atoms with van der Waals surface area (Å²) in [5.41, 5.74) is 3.66. The first kappa shape index (κ1) is 18.9. The maximum atomic E-state index is 12.4. The summed E-state index contributed by atoms with van der Waals surface area (Å²) < 4.78 is 10.5. The first-order valence-corrected chi connectivity index (χ1v) is 8.41. The van der Waals surface area contributed by atoms with Gasteiger partial charge in [-0.2, -0.15) is 0 Å². The monoisotopic (exact) mass is 362 g/mol. The van der Waals surface area contributed by atoms with Crippen LogP contribution in [0, 0.1) is 6.92 Å². The molecule has 2 rings (SSSR count). The van der Waals surface area contributed by atoms with Crippen molar-refractivity contribution in [2.75, 3.05) is 31.4 Å². The maximum absolute atomic E-state index is 12.4. The Morgan fingerprint density at radius 1 is 1.16 bits per heavy atom. The molecule has 0 radical (unpaired) electrons. The van der Waals surface area contributed by atoms with Gasteiger partial charge < -0.3 is 20.1 Å². The smallest absolute Gasteiger partial charge is 0.243 e. The molecule has 0 heterocycles. The molecule has 0 aliphatic carbocycles. The molecule has 0 saturated heterocycles. The lowest BCUT2D eigenvalue weighted by Gasteiger charge is -2.15. The number of rotatable bonds is 7. The molecule has 2 aromatic rings. The maximum Gasteiger partial charge on any atom is 0.243 e. The first-order chi connectivity index (χ1) is 12.0. The molecular formula is C19H23ClN2O3. The largest absolute Gasteiger partial charge is 0.495 e. The number of carbonyl (C=O) groups excluding carboxylic acids is 1. The molecule has 0 aliphatic heterocycles. The standard InChI is InChI=1S/C19H23ClN2O3/c1-5-13-8-6-7-12(2)19(13)22-18(23)11-21-15-10-16(24-3)14(20)9-17(15)25-4/h6-10,21H,5,11H2,1-4H3,(H,22,23). The summed E-state index contributed by atoms with van der Waals surface area (Å²) in [5, 5.41) is 6.49. The Morgan fingerprint density at radius 2 is 1.88 bits per heavy atom. The van der Waals surface area contributed by atoms with E-state index in [2.05, 4.69) is 17.6 Å². The number of ether oxygens (including phenoxy) is 2. The van der Waals surface area contributed by atoms with Crippen molar-refractivity contribution in [3.8, 4) is 11.5 Å². The van der Waals surface area contributed by atoms with Gasteiger partial charge in [0.05, 0.1) is 31.5 Å². The fourth-order valence-corrected chi connectivity index (χ4v) is 2.79. The van der Waals surface area contributed by atoms with Crippen LogP contribution in [0.3, 0.4) is 0 Å². The van der Waals surface area contributed by atoms with E-state index in [9.17, 15) is 4.79 Å². The fourth-order valence-electron chi connectivity index (χ4n) is 2.56. The van der Waals surface area contributed by atoms with Crippen molar-refractivity contribution < 1.29 is 14.3 Å². The minimum atomic E-state index is -0.139. The van der Waals surface area contributed by atoms with E-state index in [1.807, 2.05) is 25.1 Å². The number of amides is 1. The second kappa shape index (κ2) is 8.62. The van der Waals surface area contributed by atoms with Gasteiger partial charge in [0, 0.05) is 17.8 Å². The van der Waals surface area contributed by atoms with Gasteiger partial charge in [0.2, 0.25) is 5.91 Å². The van der Waals surface area contributed by atoms with Gasteiger partial charge >= 0.3 is 0 Å². The van der Waals surface area contributed by atoms with Crippen LogP contribution >= 0.6 is 11.6 Å². The number of aryl methyl sites for hydroxylation is 2. The molecule has 0 fully saturated rings. The van der Waals surface area contributed by atoms with E-state index >= 15 is 0 Å². The van der Waals surface area contributed by atoms with Crippen LogP contribution in [0.5, 0.6) is 11.5 Å². The summed E-state index contributed by atoms with van der Waals surface area (Å²) in [4.78, 5) is 12.4. The molecule has 2 aromatic carbocycles. The summed E-state index contributed by atoms with van der Waals surface area (Å²) in [5.74, 6) is 0.918. The Morgan fingerprint density at radius 3 is 2.52 bits per heavy atom. The van der Waals surface area contributed by atoms with Crippen LogP contribution in [-0.2, 0) is 11.2 Å². The summed E-state index contributed by atoms with van der Waals surface area (Å²) in [6.45, 7) is 4.14. The molecular weight excluding hydrogens is 340 g/mol. The van der Waals surface area contributed by atoms with Crippen molar-refractivity contribution in [2.45, 2.75) is 20.3 Å². The molecule has 0 unspecified atom stereocenters. The van der Waals surface area contributed by atoms with Crippen LogP contribution in [0.4, 0.5) is 11.4 Å². The second-order valence-corrected chi connectivity index (χ2v) is 5.96. The van der Waals surface area contributed by atoms with Crippen molar-refractivity contribution in [3.05, 3.63) is 46.5 Å². The second-order valence-electron chi connectivity index (χ2n) is 5.55. The average Bonchev–Trinajstić information content (AvgIpc) is 2.61. The summed E-state index contributed by atoms with van der Waals surface area (Å²) in [6, 6.07) is 9.35. The highest BCUT2D eigenvalue weighted by Gasteiger charge is 2.12. The number of hydrogen-bond donors (Lipinski definition) is 2. The lowest BCUT2D eigenvalue weighted by molar-refractivity contribution is -0.114. The molecule has 5 nitrogen and oxygen atoms in total. The van der Waals surface area contributed by atoms with Crippen molar-refractivity contribution in [1.82, 2.24) is 0 Å². The Kier molecular flexibility index (Phi) is 6.53. The summed E-state index contributed by atoms with van der Waals surface area (Å²) in [6.07, 6.45) is 0.854. The highest BCUT2D eigenvalue weighted by atomic mass is 35.5. The zero-order chi connectivity index (χ0) is 18.4. The topological polar surface area (TPSA) is 59.6 Å². The quantitative estimate of drug-likeness (QED) is 0.771. The minimum absolute atomic E-state index is 0.0959. The van der Waals surface area contributed by atoms with Crippen molar-refractivity contribution in [3.63, 3.8) is 0 Å². The number of hydrogen-bond acceptors (Lipinski definition) is 4. The molecule has 1 amide bonds. The average molecular weight is 363 g/mol. The molecule has 6 heteroatoms. The van der Waals surface area contributed by atoms with Crippen molar-refractivity contribution in [1.29, 1.82) is 0 Å². The Labute approximate surface area is 153 Å². The molecule has 0 saturated carbocycles. The fraction of sp³-hybridized carbons (Fsp3) is 0.316. The number of anilines is 2. The molecule has 0 spiro atoms. The van der Waals surface area contributed by atoms with Gasteiger partial charge in [-0.25, -0.2) is 0 Å². The molecule has 134 valence electrons. The summed E-state index contributed by atoms with van der Waals surface area (Å²) >= 11 is 6.09. The van der Waals surface area contributed by atoms with E-state index in [1.54, 1.807) is 19.2 Å². The molecule has 25 heavy (non-hydrogen) atoms. The van der Waals surface area contributed by atoms with Crippen LogP contribution < -0.4 is 20.1 Å². The predicted molar refractivity (Wildman–Crippen MR) is 102 cm³/mol. The van der Waals surface area contributed by atoms with Crippen LogP contribution in [0.2, 0.25) is 5.02 Å². The van der Waals surface area contributed by atoms with E-state index in [0.717, 1.165) is 23.2 Å². The molecule has 2 N–H and O–H groups in total. The third-order valence-corrected chi connectivity index (χ3v) is 4.21. The number of para-hydroxylation sites is 1. The molecule has 0 aliphatic rings. The van der Waals surface area contributed by atoms with E-state index < -0.39 is 0 Å². The highest BCUT2D eigenvalue weighted by Crippen LogP contribution is 2.35. The van der Waals surface area contributed by atoms with Gasteiger partial charge in [0.1, 0.15) is 11.5 Å². The van der Waals surface area contributed by atoms with Gasteiger partial charge in [0.25, 0.3) is 0 Å². The normalized spacial score (nSPS) is 10.3. The van der Waals surface area contributed by atoms with E-state index in [4.69, 9.17) is 21.1 Å². The lowest BCUT2D eigenvalue weighted by Crippen LogP contribution is -2.23. The van der Waals surface area contributed by atoms with Gasteiger partial charge in [-0.3, -0.25) is 4.79 Å². The summed E-state index contributed by atoms with van der Waals surface area (Å²) in [7, 11) is 3.08. The van der Waals surface area contributed by atoms with Crippen LogP contribution in [0.15, 0.2) is 30.3 Å². The van der Waals surface area contributed by atoms with E-state index in [1.165, 1.54) is 7.11 Å². The van der Waals surface area contributed by atoms with Gasteiger partial charge in [-0.15, -0.1) is 0 Å². The highest BCUT2D eigenvalue weighted by molar-refractivity contribution is 6.32. The number of nitrogens with one attached hydrogen (secondary N) is 2. The Hall–Kier alpha value is -2.40. The van der Waals surface area contributed by atoms with E-state index in [-0.39, 0.29) is 12.5 Å². The Bertz CT molecular complexity index is 763. The lowest BCUT2D eigenvalue weighted by atomic mass is 10.1. The van der Waals surface area contributed by atoms with Gasteiger partial charge in [-0.1, -0.05) is 36.7 Å². The SMILES string of the molecule is CCc1cccc(C)c1NC(=O)CNc1cc(OC)c(Cl)cc1OC. The number of carbonyl (C=O) groups is 1. The molecule has 0 bridgehead atoms. The van der Waals surface area contributed by atoms with Crippen molar-refractivity contribution in [2.24, 2.45) is 0 Å². The Balaban J connectivity index is 2.11. The third-order valence-electron chi connectivity index (χ3n) is 3.92. The number of halogens is 1. The van der Waals surface area contributed by atoms with Gasteiger partial charge in [-0.05, 0) is 24.5 Å². The zero-order valence-corrected chi connectivity index (χ0v) is 15.7. The molecule has 0 atom stereocenters. The zero-order valence-electron chi connectivity index (χ0n) is 14.9. The van der Waals surface area contributed by atoms with Crippen molar-refractivity contribution >= 4 is 28.9 Å². The molecule has 0 aromatic heterocycles. The van der Waals surface area contributed by atoms with Crippen LogP contribution in [0.25, 0.3) is 0 Å².